The zero-order valence-corrected chi connectivity index (χ0v) is 14.2. The van der Waals surface area contributed by atoms with Crippen molar-refractivity contribution in [2.75, 3.05) is 5.32 Å². The highest BCUT2D eigenvalue weighted by Crippen LogP contribution is 2.32. The summed E-state index contributed by atoms with van der Waals surface area (Å²) in [7, 11) is 0. The third-order valence-corrected chi connectivity index (χ3v) is 5.81. The molecule has 0 radical (unpaired) electrons. The van der Waals surface area contributed by atoms with Gasteiger partial charge in [-0.25, -0.2) is 0 Å². The number of aryl methyl sites for hydroxylation is 2. The molecule has 0 spiro atoms. The van der Waals surface area contributed by atoms with Crippen LogP contribution in [0.5, 0.6) is 0 Å². The molecule has 0 unspecified atom stereocenters. The van der Waals surface area contributed by atoms with Crippen molar-refractivity contribution >= 4 is 34.3 Å². The van der Waals surface area contributed by atoms with Gasteiger partial charge in [0, 0.05) is 21.0 Å². The van der Waals surface area contributed by atoms with Gasteiger partial charge in [-0.3, -0.25) is 4.79 Å². The Bertz CT molecular complexity index is 787. The molecule has 0 aliphatic rings. The first kappa shape index (κ1) is 15.0. The maximum absolute atomic E-state index is 12.5. The molecule has 4 heteroatoms. The quantitative estimate of drug-likeness (QED) is 0.664. The summed E-state index contributed by atoms with van der Waals surface area (Å²) in [6, 6.07) is 14.0. The minimum atomic E-state index is -0.0307. The van der Waals surface area contributed by atoms with Crippen molar-refractivity contribution in [3.63, 3.8) is 0 Å². The second-order valence-electron chi connectivity index (χ2n) is 5.05. The summed E-state index contributed by atoms with van der Waals surface area (Å²) < 4.78 is 0. The largest absolute Gasteiger partial charge is 0.321 e. The number of anilines is 1. The van der Waals surface area contributed by atoms with Crippen LogP contribution >= 0.6 is 22.7 Å². The average Bonchev–Trinajstić information content (AvgIpc) is 3.17. The standard InChI is InChI=1S/C18H17NOS2/c1-3-15-12(2)11-17(22-15)18(20)19-14-8-5-4-7-13(14)16-9-6-10-21-16/h4-11H,3H2,1-2H3,(H,19,20). The lowest BCUT2D eigenvalue weighted by Gasteiger charge is -2.09. The Balaban J connectivity index is 1.88. The Hall–Kier alpha value is -1.91. The van der Waals surface area contributed by atoms with E-state index in [2.05, 4.69) is 25.2 Å². The van der Waals surface area contributed by atoms with E-state index >= 15 is 0 Å². The molecule has 1 amide bonds. The summed E-state index contributed by atoms with van der Waals surface area (Å²) >= 11 is 3.26. The predicted octanol–water partition coefficient (Wildman–Crippen LogP) is 5.60. The fourth-order valence-corrected chi connectivity index (χ4v) is 4.18. The van der Waals surface area contributed by atoms with Crippen LogP contribution in [0.2, 0.25) is 0 Å². The third-order valence-electron chi connectivity index (χ3n) is 3.53. The van der Waals surface area contributed by atoms with Gasteiger partial charge in [-0.2, -0.15) is 0 Å². The molecule has 0 atom stereocenters. The van der Waals surface area contributed by atoms with E-state index < -0.39 is 0 Å². The summed E-state index contributed by atoms with van der Waals surface area (Å²) in [6.45, 7) is 4.18. The monoisotopic (exact) mass is 327 g/mol. The molecule has 3 aromatic rings. The minimum absolute atomic E-state index is 0.0307. The molecule has 22 heavy (non-hydrogen) atoms. The van der Waals surface area contributed by atoms with E-state index in [1.165, 1.54) is 10.4 Å². The molecular weight excluding hydrogens is 310 g/mol. The summed E-state index contributed by atoms with van der Waals surface area (Å²) in [4.78, 5) is 15.7. The van der Waals surface area contributed by atoms with Gasteiger partial charge < -0.3 is 5.32 Å². The Morgan fingerprint density at radius 2 is 2.00 bits per heavy atom. The number of hydrogen-bond donors (Lipinski definition) is 1. The van der Waals surface area contributed by atoms with Gasteiger partial charge in [-0.05, 0) is 42.5 Å². The first-order valence-electron chi connectivity index (χ1n) is 7.22. The smallest absolute Gasteiger partial charge is 0.265 e. The number of rotatable bonds is 4. The van der Waals surface area contributed by atoms with Gasteiger partial charge >= 0.3 is 0 Å². The number of nitrogens with one attached hydrogen (secondary N) is 1. The molecule has 0 saturated heterocycles. The Labute approximate surface area is 138 Å². The van der Waals surface area contributed by atoms with E-state index in [9.17, 15) is 4.79 Å². The number of benzene rings is 1. The second-order valence-corrected chi connectivity index (χ2v) is 7.13. The van der Waals surface area contributed by atoms with Gasteiger partial charge in [0.15, 0.2) is 0 Å². The van der Waals surface area contributed by atoms with Crippen molar-refractivity contribution < 1.29 is 4.79 Å². The van der Waals surface area contributed by atoms with E-state index in [0.717, 1.165) is 27.4 Å². The summed E-state index contributed by atoms with van der Waals surface area (Å²) in [5.74, 6) is -0.0307. The van der Waals surface area contributed by atoms with E-state index in [1.54, 1.807) is 22.7 Å². The molecule has 2 heterocycles. The first-order valence-corrected chi connectivity index (χ1v) is 8.92. The number of hydrogen-bond acceptors (Lipinski definition) is 3. The third kappa shape index (κ3) is 2.98. The lowest BCUT2D eigenvalue weighted by Crippen LogP contribution is -2.10. The second kappa shape index (κ2) is 6.46. The van der Waals surface area contributed by atoms with Crippen molar-refractivity contribution in [3.05, 3.63) is 63.2 Å². The highest BCUT2D eigenvalue weighted by molar-refractivity contribution is 7.14. The summed E-state index contributed by atoms with van der Waals surface area (Å²) in [6.07, 6.45) is 0.968. The fraction of sp³-hybridized carbons (Fsp3) is 0.167. The van der Waals surface area contributed by atoms with Crippen molar-refractivity contribution in [1.29, 1.82) is 0 Å². The topological polar surface area (TPSA) is 29.1 Å². The normalized spacial score (nSPS) is 10.6. The van der Waals surface area contributed by atoms with Crippen LogP contribution in [0.15, 0.2) is 47.8 Å². The molecule has 0 fully saturated rings. The number of para-hydroxylation sites is 1. The minimum Gasteiger partial charge on any atom is -0.321 e. The SMILES string of the molecule is CCc1sc(C(=O)Nc2ccccc2-c2cccs2)cc1C. The zero-order valence-electron chi connectivity index (χ0n) is 12.6. The zero-order chi connectivity index (χ0) is 15.5. The van der Waals surface area contributed by atoms with E-state index in [4.69, 9.17) is 0 Å². The molecular formula is C18H17NOS2. The molecule has 0 bridgehead atoms. The number of amides is 1. The first-order chi connectivity index (χ1) is 10.7. The molecule has 0 saturated carbocycles. The molecule has 3 rings (SSSR count). The van der Waals surface area contributed by atoms with Crippen LogP contribution in [0.3, 0.4) is 0 Å². The molecule has 1 N–H and O–H groups in total. The molecule has 0 aliphatic heterocycles. The lowest BCUT2D eigenvalue weighted by atomic mass is 10.1. The number of thiophene rings is 2. The number of carbonyl (C=O) groups is 1. The van der Waals surface area contributed by atoms with E-state index in [-0.39, 0.29) is 5.91 Å². The Kier molecular flexibility index (Phi) is 4.41. The van der Waals surface area contributed by atoms with Gasteiger partial charge in [-0.1, -0.05) is 31.2 Å². The van der Waals surface area contributed by atoms with Crippen LogP contribution in [0.25, 0.3) is 10.4 Å². The lowest BCUT2D eigenvalue weighted by molar-refractivity contribution is 0.103. The van der Waals surface area contributed by atoms with Crippen LogP contribution in [0.1, 0.15) is 27.0 Å². The Morgan fingerprint density at radius 3 is 2.68 bits per heavy atom. The maximum Gasteiger partial charge on any atom is 0.265 e. The van der Waals surface area contributed by atoms with Crippen LogP contribution in [0.4, 0.5) is 5.69 Å². The van der Waals surface area contributed by atoms with Crippen LogP contribution in [-0.4, -0.2) is 5.91 Å². The summed E-state index contributed by atoms with van der Waals surface area (Å²) in [5, 5.41) is 5.10. The van der Waals surface area contributed by atoms with Crippen molar-refractivity contribution in [3.8, 4) is 10.4 Å². The average molecular weight is 327 g/mol. The van der Waals surface area contributed by atoms with Crippen molar-refractivity contribution in [1.82, 2.24) is 0 Å². The Morgan fingerprint density at radius 1 is 1.18 bits per heavy atom. The van der Waals surface area contributed by atoms with Gasteiger partial charge in [-0.15, -0.1) is 22.7 Å². The number of carbonyl (C=O) groups excluding carboxylic acids is 1. The maximum atomic E-state index is 12.5. The van der Waals surface area contributed by atoms with Gasteiger partial charge in [0.05, 0.1) is 4.88 Å². The van der Waals surface area contributed by atoms with E-state index in [0.29, 0.717) is 0 Å². The summed E-state index contributed by atoms with van der Waals surface area (Å²) in [5.41, 5.74) is 3.12. The highest BCUT2D eigenvalue weighted by atomic mass is 32.1. The molecule has 2 aromatic heterocycles. The van der Waals surface area contributed by atoms with Gasteiger partial charge in [0.25, 0.3) is 5.91 Å². The molecule has 1 aromatic carbocycles. The predicted molar refractivity (Wildman–Crippen MR) is 96.1 cm³/mol. The van der Waals surface area contributed by atoms with Crippen LogP contribution < -0.4 is 5.32 Å². The van der Waals surface area contributed by atoms with Crippen LogP contribution in [-0.2, 0) is 6.42 Å². The van der Waals surface area contributed by atoms with Crippen molar-refractivity contribution in [2.45, 2.75) is 20.3 Å². The molecule has 0 aliphatic carbocycles. The molecule has 112 valence electrons. The van der Waals surface area contributed by atoms with Crippen molar-refractivity contribution in [2.24, 2.45) is 0 Å². The fourth-order valence-electron chi connectivity index (χ4n) is 2.41. The highest BCUT2D eigenvalue weighted by Gasteiger charge is 2.14. The van der Waals surface area contributed by atoms with Crippen LogP contribution in [0, 0.1) is 6.92 Å². The van der Waals surface area contributed by atoms with Gasteiger partial charge in [0.1, 0.15) is 0 Å². The van der Waals surface area contributed by atoms with Gasteiger partial charge in [0.2, 0.25) is 0 Å². The van der Waals surface area contributed by atoms with E-state index in [1.807, 2.05) is 41.8 Å². The molecule has 2 nitrogen and oxygen atoms in total.